The van der Waals surface area contributed by atoms with E-state index in [2.05, 4.69) is 26.1 Å². The predicted molar refractivity (Wildman–Crippen MR) is 81.6 cm³/mol. The van der Waals surface area contributed by atoms with Gasteiger partial charge in [-0.05, 0) is 12.1 Å². The lowest BCUT2D eigenvalue weighted by Gasteiger charge is -2.09. The van der Waals surface area contributed by atoms with Crippen molar-refractivity contribution in [2.45, 2.75) is 11.9 Å². The molecule has 1 aromatic heterocycles. The average Bonchev–Trinajstić information content (AvgIpc) is 2.87. The Bertz CT molecular complexity index is 662. The standard InChI is InChI=1S/C12H12BrClN4O3/c1-21-5-4-17-11(7-13)15-16-12(17)9-3-2-8(14)6-10(9)18(19)20/h2-3,6H,4-5,7H2,1H3. The molecule has 0 amide bonds. The Morgan fingerprint density at radius 1 is 1.48 bits per heavy atom. The summed E-state index contributed by atoms with van der Waals surface area (Å²) in [5.74, 6) is 1.09. The molecule has 7 nitrogen and oxygen atoms in total. The Hall–Kier alpha value is -1.51. The van der Waals surface area contributed by atoms with Crippen molar-refractivity contribution in [3.63, 3.8) is 0 Å². The number of benzene rings is 1. The molecule has 0 radical (unpaired) electrons. The van der Waals surface area contributed by atoms with E-state index < -0.39 is 4.92 Å². The number of halogens is 2. The van der Waals surface area contributed by atoms with Gasteiger partial charge in [0.05, 0.1) is 22.4 Å². The van der Waals surface area contributed by atoms with E-state index >= 15 is 0 Å². The van der Waals surface area contributed by atoms with Crippen molar-refractivity contribution in [1.82, 2.24) is 14.8 Å². The summed E-state index contributed by atoms with van der Waals surface area (Å²) in [6.45, 7) is 0.950. The minimum absolute atomic E-state index is 0.102. The summed E-state index contributed by atoms with van der Waals surface area (Å²) >= 11 is 9.16. The monoisotopic (exact) mass is 374 g/mol. The van der Waals surface area contributed by atoms with Crippen LogP contribution < -0.4 is 0 Å². The van der Waals surface area contributed by atoms with Crippen molar-refractivity contribution in [3.05, 3.63) is 39.2 Å². The van der Waals surface area contributed by atoms with Crippen molar-refractivity contribution in [1.29, 1.82) is 0 Å². The maximum Gasteiger partial charge on any atom is 0.281 e. The Morgan fingerprint density at radius 3 is 2.86 bits per heavy atom. The van der Waals surface area contributed by atoms with E-state index in [1.165, 1.54) is 6.07 Å². The third-order valence-electron chi connectivity index (χ3n) is 2.86. The van der Waals surface area contributed by atoms with Crippen molar-refractivity contribution >= 4 is 33.2 Å². The first-order valence-electron chi connectivity index (χ1n) is 5.99. The van der Waals surface area contributed by atoms with Crippen molar-refractivity contribution in [3.8, 4) is 11.4 Å². The van der Waals surface area contributed by atoms with E-state index in [1.807, 2.05) is 0 Å². The maximum atomic E-state index is 11.2. The summed E-state index contributed by atoms with van der Waals surface area (Å²) in [7, 11) is 1.59. The van der Waals surface area contributed by atoms with Crippen LogP contribution in [0.25, 0.3) is 11.4 Å². The van der Waals surface area contributed by atoms with Crippen LogP contribution in [0.15, 0.2) is 18.2 Å². The molecular formula is C12H12BrClN4O3. The third kappa shape index (κ3) is 3.39. The number of nitro groups is 1. The molecule has 0 aliphatic rings. The number of ether oxygens (including phenoxy) is 1. The highest BCUT2D eigenvalue weighted by Crippen LogP contribution is 2.31. The van der Waals surface area contributed by atoms with Gasteiger partial charge in [0.25, 0.3) is 5.69 Å². The summed E-state index contributed by atoms with van der Waals surface area (Å²) in [5.41, 5.74) is 0.273. The molecule has 1 aromatic carbocycles. The third-order valence-corrected chi connectivity index (χ3v) is 3.60. The molecule has 0 spiro atoms. The SMILES string of the molecule is COCCn1c(CBr)nnc1-c1ccc(Cl)cc1[N+](=O)[O-]. The van der Waals surface area contributed by atoms with Gasteiger partial charge in [-0.25, -0.2) is 0 Å². The van der Waals surface area contributed by atoms with Crippen LogP contribution in [-0.2, 0) is 16.6 Å². The molecule has 112 valence electrons. The first-order chi connectivity index (χ1) is 10.1. The number of hydrogen-bond donors (Lipinski definition) is 0. The summed E-state index contributed by atoms with van der Waals surface area (Å²) in [6, 6.07) is 4.47. The van der Waals surface area contributed by atoms with E-state index in [0.717, 1.165) is 0 Å². The first-order valence-corrected chi connectivity index (χ1v) is 7.49. The van der Waals surface area contributed by atoms with Crippen molar-refractivity contribution < 1.29 is 9.66 Å². The second-order valence-electron chi connectivity index (χ2n) is 4.14. The summed E-state index contributed by atoms with van der Waals surface area (Å²) in [4.78, 5) is 10.7. The average molecular weight is 376 g/mol. The van der Waals surface area contributed by atoms with Crippen LogP contribution in [0.4, 0.5) is 5.69 Å². The predicted octanol–water partition coefficient (Wildman–Crippen LogP) is 3.05. The number of alkyl halides is 1. The van der Waals surface area contributed by atoms with Crippen LogP contribution in [0.5, 0.6) is 0 Å². The Kier molecular flexibility index (Phi) is 5.27. The molecule has 0 saturated carbocycles. The zero-order chi connectivity index (χ0) is 15.4. The first kappa shape index (κ1) is 15.9. The maximum absolute atomic E-state index is 11.2. The molecule has 9 heteroatoms. The number of hydrogen-bond acceptors (Lipinski definition) is 5. The quantitative estimate of drug-likeness (QED) is 0.440. The minimum atomic E-state index is -0.482. The lowest BCUT2D eigenvalue weighted by atomic mass is 10.1. The summed E-state index contributed by atoms with van der Waals surface area (Å²) < 4.78 is 6.84. The highest BCUT2D eigenvalue weighted by molar-refractivity contribution is 9.08. The van der Waals surface area contributed by atoms with Crippen LogP contribution in [0.1, 0.15) is 5.82 Å². The molecular weight excluding hydrogens is 364 g/mol. The second kappa shape index (κ2) is 6.97. The molecule has 0 aliphatic carbocycles. The highest BCUT2D eigenvalue weighted by atomic mass is 79.9. The van der Waals surface area contributed by atoms with Gasteiger partial charge < -0.3 is 9.30 Å². The second-order valence-corrected chi connectivity index (χ2v) is 5.13. The Balaban J connectivity index is 2.56. The minimum Gasteiger partial charge on any atom is -0.383 e. The molecule has 1 heterocycles. The lowest BCUT2D eigenvalue weighted by Crippen LogP contribution is -2.09. The largest absolute Gasteiger partial charge is 0.383 e. The fourth-order valence-corrected chi connectivity index (χ4v) is 2.48. The van der Waals surface area contributed by atoms with Gasteiger partial charge in [-0.2, -0.15) is 0 Å². The summed E-state index contributed by atoms with van der Waals surface area (Å²) in [5, 5.41) is 20.1. The van der Waals surface area contributed by atoms with E-state index in [0.29, 0.717) is 40.7 Å². The fourth-order valence-electron chi connectivity index (χ4n) is 1.90. The molecule has 2 aromatic rings. The molecule has 0 atom stereocenters. The summed E-state index contributed by atoms with van der Waals surface area (Å²) in [6.07, 6.45) is 0. The Morgan fingerprint density at radius 2 is 2.24 bits per heavy atom. The smallest absolute Gasteiger partial charge is 0.281 e. The number of nitrogens with zero attached hydrogens (tertiary/aromatic N) is 4. The number of methoxy groups -OCH3 is 1. The molecule has 0 fully saturated rings. The normalized spacial score (nSPS) is 10.8. The van der Waals surface area contributed by atoms with E-state index in [1.54, 1.807) is 23.8 Å². The zero-order valence-electron chi connectivity index (χ0n) is 11.1. The van der Waals surface area contributed by atoms with Crippen LogP contribution in [0.2, 0.25) is 5.02 Å². The van der Waals surface area contributed by atoms with Gasteiger partial charge in [-0.1, -0.05) is 27.5 Å². The molecule has 2 rings (SSSR count). The molecule has 0 N–H and O–H groups in total. The topological polar surface area (TPSA) is 83.1 Å². The van der Waals surface area contributed by atoms with E-state index in [4.69, 9.17) is 16.3 Å². The van der Waals surface area contributed by atoms with Gasteiger partial charge >= 0.3 is 0 Å². The van der Waals surface area contributed by atoms with Crippen LogP contribution in [0.3, 0.4) is 0 Å². The molecule has 21 heavy (non-hydrogen) atoms. The number of rotatable bonds is 6. The van der Waals surface area contributed by atoms with Gasteiger partial charge in [0.15, 0.2) is 5.82 Å². The van der Waals surface area contributed by atoms with Crippen molar-refractivity contribution in [2.24, 2.45) is 0 Å². The molecule has 0 unspecified atom stereocenters. The Labute approximate surface area is 134 Å². The van der Waals surface area contributed by atoms with Gasteiger partial charge in [0, 0.05) is 24.7 Å². The van der Waals surface area contributed by atoms with Gasteiger partial charge in [-0.3, -0.25) is 10.1 Å². The van der Waals surface area contributed by atoms with E-state index in [9.17, 15) is 10.1 Å². The fraction of sp³-hybridized carbons (Fsp3) is 0.333. The molecule has 0 aliphatic heterocycles. The lowest BCUT2D eigenvalue weighted by molar-refractivity contribution is -0.384. The van der Waals surface area contributed by atoms with Crippen LogP contribution >= 0.6 is 27.5 Å². The van der Waals surface area contributed by atoms with Crippen LogP contribution in [-0.4, -0.2) is 33.4 Å². The molecule has 0 saturated heterocycles. The highest BCUT2D eigenvalue weighted by Gasteiger charge is 2.22. The van der Waals surface area contributed by atoms with Crippen molar-refractivity contribution in [2.75, 3.05) is 13.7 Å². The molecule has 0 bridgehead atoms. The number of nitro benzene ring substituents is 1. The number of aromatic nitrogens is 3. The van der Waals surface area contributed by atoms with Gasteiger partial charge in [0.1, 0.15) is 5.82 Å². The van der Waals surface area contributed by atoms with Gasteiger partial charge in [0.2, 0.25) is 0 Å². The zero-order valence-corrected chi connectivity index (χ0v) is 13.5. The van der Waals surface area contributed by atoms with E-state index in [-0.39, 0.29) is 5.69 Å². The van der Waals surface area contributed by atoms with Crippen LogP contribution in [0, 0.1) is 10.1 Å². The van der Waals surface area contributed by atoms with Gasteiger partial charge in [-0.15, -0.1) is 10.2 Å².